The number of amides is 1. The lowest BCUT2D eigenvalue weighted by Crippen LogP contribution is -2.24. The molecule has 0 saturated carbocycles. The van der Waals surface area contributed by atoms with Crippen molar-refractivity contribution < 1.29 is 9.53 Å². The van der Waals surface area contributed by atoms with Gasteiger partial charge in [-0.2, -0.15) is 0 Å². The van der Waals surface area contributed by atoms with E-state index in [-0.39, 0.29) is 5.91 Å². The van der Waals surface area contributed by atoms with Gasteiger partial charge in [-0.15, -0.1) is 0 Å². The summed E-state index contributed by atoms with van der Waals surface area (Å²) in [6.07, 6.45) is 2.97. The van der Waals surface area contributed by atoms with Crippen LogP contribution in [0.4, 0.5) is 0 Å². The molecular weight excluding hydrogens is 142 g/mol. The molecular formula is C8H13NO2. The summed E-state index contributed by atoms with van der Waals surface area (Å²) >= 11 is 0. The highest BCUT2D eigenvalue weighted by molar-refractivity contribution is 5.73. The van der Waals surface area contributed by atoms with E-state index in [1.54, 1.807) is 0 Å². The molecule has 0 bridgehead atoms. The Kier molecular flexibility index (Phi) is 3.11. The predicted molar refractivity (Wildman–Crippen MR) is 42.2 cm³/mol. The van der Waals surface area contributed by atoms with Crippen LogP contribution in [0.15, 0.2) is 11.6 Å². The van der Waals surface area contributed by atoms with Crippen molar-refractivity contribution >= 4 is 5.91 Å². The second-order valence-electron chi connectivity index (χ2n) is 2.60. The zero-order valence-corrected chi connectivity index (χ0v) is 6.72. The number of carbonyl (C=O) groups is 1. The normalized spacial score (nSPS) is 17.4. The summed E-state index contributed by atoms with van der Waals surface area (Å²) in [6.45, 7) is 3.68. The third kappa shape index (κ3) is 3.18. The van der Waals surface area contributed by atoms with Crippen LogP contribution in [-0.4, -0.2) is 25.7 Å². The molecule has 0 radical (unpaired) electrons. The molecule has 3 nitrogen and oxygen atoms in total. The second kappa shape index (κ2) is 4.13. The summed E-state index contributed by atoms with van der Waals surface area (Å²) in [5.41, 5.74) is 1.27. The van der Waals surface area contributed by atoms with Gasteiger partial charge in [0.2, 0.25) is 5.91 Å². The number of rotatable bonds is 2. The Bertz CT molecular complexity index is 175. The molecule has 0 spiro atoms. The molecule has 1 aliphatic heterocycles. The van der Waals surface area contributed by atoms with Crippen LogP contribution >= 0.6 is 0 Å². The first-order valence-corrected chi connectivity index (χ1v) is 3.79. The summed E-state index contributed by atoms with van der Waals surface area (Å²) < 4.78 is 5.12. The van der Waals surface area contributed by atoms with E-state index < -0.39 is 0 Å². The lowest BCUT2D eigenvalue weighted by atomic mass is 10.1. The van der Waals surface area contributed by atoms with Gasteiger partial charge in [0.25, 0.3) is 0 Å². The molecule has 1 N–H and O–H groups in total. The van der Waals surface area contributed by atoms with Crippen LogP contribution in [0.2, 0.25) is 0 Å². The predicted octanol–water partition coefficient (Wildman–Crippen LogP) is 0.469. The van der Waals surface area contributed by atoms with E-state index in [0.717, 1.165) is 13.0 Å². The average Bonchev–Trinajstić information content (AvgIpc) is 2.03. The summed E-state index contributed by atoms with van der Waals surface area (Å²) in [7, 11) is 0. The van der Waals surface area contributed by atoms with Crippen LogP contribution in [0.1, 0.15) is 13.3 Å². The van der Waals surface area contributed by atoms with Gasteiger partial charge in [0.15, 0.2) is 0 Å². The van der Waals surface area contributed by atoms with Crippen LogP contribution in [0.25, 0.3) is 0 Å². The van der Waals surface area contributed by atoms with Gasteiger partial charge in [-0.3, -0.25) is 4.79 Å². The zero-order valence-electron chi connectivity index (χ0n) is 6.72. The van der Waals surface area contributed by atoms with Crippen LogP contribution in [0.5, 0.6) is 0 Å². The highest BCUT2D eigenvalue weighted by atomic mass is 16.5. The molecule has 0 saturated heterocycles. The van der Waals surface area contributed by atoms with Crippen LogP contribution < -0.4 is 5.32 Å². The standard InChI is InChI=1S/C8H13NO2/c1-7(10)9-6-8-2-4-11-5-3-8/h2H,3-6H2,1H3,(H,9,10). The van der Waals surface area contributed by atoms with Crippen molar-refractivity contribution in [3.8, 4) is 0 Å². The average molecular weight is 155 g/mol. The Morgan fingerprint density at radius 1 is 1.82 bits per heavy atom. The van der Waals surface area contributed by atoms with Crippen LogP contribution in [-0.2, 0) is 9.53 Å². The van der Waals surface area contributed by atoms with E-state index >= 15 is 0 Å². The highest BCUT2D eigenvalue weighted by Gasteiger charge is 2.02. The Balaban J connectivity index is 2.24. The van der Waals surface area contributed by atoms with Crippen molar-refractivity contribution in [1.29, 1.82) is 0 Å². The number of hydrogen-bond donors (Lipinski definition) is 1. The van der Waals surface area contributed by atoms with Crippen molar-refractivity contribution in [2.24, 2.45) is 0 Å². The molecule has 1 amide bonds. The van der Waals surface area contributed by atoms with Crippen LogP contribution in [0, 0.1) is 0 Å². The molecule has 0 unspecified atom stereocenters. The summed E-state index contributed by atoms with van der Waals surface area (Å²) in [5.74, 6) is 0.0254. The lowest BCUT2D eigenvalue weighted by molar-refractivity contribution is -0.118. The molecule has 0 atom stereocenters. The molecule has 0 fully saturated rings. The number of carbonyl (C=O) groups excluding carboxylic acids is 1. The third-order valence-electron chi connectivity index (χ3n) is 1.62. The Morgan fingerprint density at radius 2 is 2.64 bits per heavy atom. The zero-order chi connectivity index (χ0) is 8.10. The highest BCUT2D eigenvalue weighted by Crippen LogP contribution is 2.05. The van der Waals surface area contributed by atoms with E-state index in [1.807, 2.05) is 6.08 Å². The Hall–Kier alpha value is -0.830. The van der Waals surface area contributed by atoms with E-state index in [9.17, 15) is 4.79 Å². The van der Waals surface area contributed by atoms with Gasteiger partial charge in [-0.05, 0) is 6.42 Å². The SMILES string of the molecule is CC(=O)NCC1=CCOCC1. The monoisotopic (exact) mass is 155 g/mol. The quantitative estimate of drug-likeness (QED) is 0.589. The lowest BCUT2D eigenvalue weighted by Gasteiger charge is -2.13. The van der Waals surface area contributed by atoms with Crippen molar-refractivity contribution in [1.82, 2.24) is 5.32 Å². The van der Waals surface area contributed by atoms with Crippen molar-refractivity contribution in [2.75, 3.05) is 19.8 Å². The molecule has 3 heteroatoms. The first-order valence-electron chi connectivity index (χ1n) is 3.79. The van der Waals surface area contributed by atoms with Gasteiger partial charge in [-0.1, -0.05) is 11.6 Å². The first kappa shape index (κ1) is 8.27. The number of ether oxygens (including phenoxy) is 1. The maximum absolute atomic E-state index is 10.5. The maximum Gasteiger partial charge on any atom is 0.217 e. The summed E-state index contributed by atoms with van der Waals surface area (Å²) in [5, 5.41) is 2.75. The second-order valence-corrected chi connectivity index (χ2v) is 2.60. The molecule has 1 heterocycles. The van der Waals surface area contributed by atoms with Gasteiger partial charge in [0.1, 0.15) is 0 Å². The molecule has 62 valence electrons. The van der Waals surface area contributed by atoms with Gasteiger partial charge in [0, 0.05) is 13.5 Å². The number of nitrogens with one attached hydrogen (secondary N) is 1. The third-order valence-corrected chi connectivity index (χ3v) is 1.62. The minimum atomic E-state index is 0.0254. The molecule has 0 aromatic heterocycles. The smallest absolute Gasteiger partial charge is 0.217 e. The molecule has 1 aliphatic rings. The summed E-state index contributed by atoms with van der Waals surface area (Å²) in [4.78, 5) is 10.5. The fraction of sp³-hybridized carbons (Fsp3) is 0.625. The number of hydrogen-bond acceptors (Lipinski definition) is 2. The van der Waals surface area contributed by atoms with Gasteiger partial charge >= 0.3 is 0 Å². The summed E-state index contributed by atoms with van der Waals surface area (Å²) in [6, 6.07) is 0. The maximum atomic E-state index is 10.5. The molecule has 0 aliphatic carbocycles. The molecule has 0 aromatic rings. The minimum absolute atomic E-state index is 0.0254. The van der Waals surface area contributed by atoms with E-state index in [4.69, 9.17) is 4.74 Å². The van der Waals surface area contributed by atoms with Crippen molar-refractivity contribution in [3.63, 3.8) is 0 Å². The Morgan fingerprint density at radius 3 is 3.18 bits per heavy atom. The van der Waals surface area contributed by atoms with Gasteiger partial charge < -0.3 is 10.1 Å². The van der Waals surface area contributed by atoms with Crippen molar-refractivity contribution in [2.45, 2.75) is 13.3 Å². The van der Waals surface area contributed by atoms with E-state index in [0.29, 0.717) is 13.2 Å². The fourth-order valence-corrected chi connectivity index (χ4v) is 0.964. The minimum Gasteiger partial charge on any atom is -0.377 e. The topological polar surface area (TPSA) is 38.3 Å². The molecule has 1 rings (SSSR count). The molecule has 0 aromatic carbocycles. The van der Waals surface area contributed by atoms with E-state index in [2.05, 4.69) is 5.32 Å². The van der Waals surface area contributed by atoms with Gasteiger partial charge in [0.05, 0.1) is 13.2 Å². The molecule has 11 heavy (non-hydrogen) atoms. The largest absolute Gasteiger partial charge is 0.377 e. The van der Waals surface area contributed by atoms with E-state index in [1.165, 1.54) is 12.5 Å². The first-order chi connectivity index (χ1) is 5.29. The fourth-order valence-electron chi connectivity index (χ4n) is 0.964. The Labute approximate surface area is 66.4 Å². The van der Waals surface area contributed by atoms with Crippen molar-refractivity contribution in [3.05, 3.63) is 11.6 Å². The van der Waals surface area contributed by atoms with Crippen LogP contribution in [0.3, 0.4) is 0 Å². The van der Waals surface area contributed by atoms with Gasteiger partial charge in [-0.25, -0.2) is 0 Å².